The summed E-state index contributed by atoms with van der Waals surface area (Å²) in [5, 5.41) is 8.69. The molecule has 1 amide bonds. The van der Waals surface area contributed by atoms with Crippen LogP contribution in [0.15, 0.2) is 23.8 Å². The molecule has 0 atom stereocenters. The van der Waals surface area contributed by atoms with Gasteiger partial charge in [-0.3, -0.25) is 9.89 Å². The van der Waals surface area contributed by atoms with Gasteiger partial charge >= 0.3 is 0 Å². The molecular weight excluding hydrogens is 272 g/mol. The van der Waals surface area contributed by atoms with Crippen molar-refractivity contribution in [2.75, 3.05) is 33.2 Å². The van der Waals surface area contributed by atoms with Gasteiger partial charge in [-0.15, -0.1) is 11.3 Å². The van der Waals surface area contributed by atoms with E-state index in [1.54, 1.807) is 17.5 Å². The first kappa shape index (κ1) is 13.3. The second kappa shape index (κ2) is 5.76. The van der Waals surface area contributed by atoms with E-state index in [0.717, 1.165) is 48.6 Å². The van der Waals surface area contributed by atoms with Gasteiger partial charge in [0.2, 0.25) is 0 Å². The molecule has 6 heteroatoms. The summed E-state index contributed by atoms with van der Waals surface area (Å²) < 4.78 is 0. The van der Waals surface area contributed by atoms with Crippen LogP contribution in [0.1, 0.15) is 16.8 Å². The number of rotatable bonds is 2. The van der Waals surface area contributed by atoms with Gasteiger partial charge in [-0.05, 0) is 26.1 Å². The summed E-state index contributed by atoms with van der Waals surface area (Å²) in [6, 6.07) is 1.96. The van der Waals surface area contributed by atoms with Crippen LogP contribution < -0.4 is 0 Å². The van der Waals surface area contributed by atoms with E-state index in [-0.39, 0.29) is 5.91 Å². The molecule has 0 spiro atoms. The predicted octanol–water partition coefficient (Wildman–Crippen LogP) is 1.92. The largest absolute Gasteiger partial charge is 0.337 e. The third kappa shape index (κ3) is 2.76. The van der Waals surface area contributed by atoms with Gasteiger partial charge in [0.15, 0.2) is 0 Å². The summed E-state index contributed by atoms with van der Waals surface area (Å²) in [4.78, 5) is 17.8. The predicted molar refractivity (Wildman–Crippen MR) is 79.9 cm³/mol. The molecule has 1 saturated heterocycles. The van der Waals surface area contributed by atoms with Crippen LogP contribution in [0.4, 0.5) is 0 Å². The lowest BCUT2D eigenvalue weighted by atomic mass is 10.2. The van der Waals surface area contributed by atoms with Crippen molar-refractivity contribution in [3.05, 3.63) is 29.4 Å². The first-order valence-electron chi connectivity index (χ1n) is 6.79. The lowest BCUT2D eigenvalue weighted by Gasteiger charge is -2.19. The van der Waals surface area contributed by atoms with E-state index in [1.165, 1.54) is 0 Å². The molecule has 106 valence electrons. The second-order valence-electron chi connectivity index (χ2n) is 5.14. The normalized spacial score (nSPS) is 17.1. The van der Waals surface area contributed by atoms with E-state index in [4.69, 9.17) is 0 Å². The fourth-order valence-corrected chi connectivity index (χ4v) is 3.28. The Balaban J connectivity index is 1.74. The molecule has 1 fully saturated rings. The van der Waals surface area contributed by atoms with Crippen molar-refractivity contribution in [2.24, 2.45) is 0 Å². The van der Waals surface area contributed by atoms with E-state index in [0.29, 0.717) is 0 Å². The quantitative estimate of drug-likeness (QED) is 0.919. The molecule has 2 aromatic rings. The number of hydrogen-bond donors (Lipinski definition) is 1. The summed E-state index contributed by atoms with van der Waals surface area (Å²) >= 11 is 1.59. The van der Waals surface area contributed by atoms with Gasteiger partial charge in [0.25, 0.3) is 5.91 Å². The van der Waals surface area contributed by atoms with Crippen molar-refractivity contribution >= 4 is 17.2 Å². The molecule has 0 bridgehead atoms. The van der Waals surface area contributed by atoms with Crippen LogP contribution in [0.2, 0.25) is 0 Å². The highest BCUT2D eigenvalue weighted by Gasteiger charge is 2.20. The van der Waals surface area contributed by atoms with Crippen molar-refractivity contribution in [1.82, 2.24) is 20.0 Å². The third-order valence-corrected chi connectivity index (χ3v) is 4.62. The standard InChI is InChI=1S/C14H18N4OS/c1-17-3-2-4-18(6-5-17)14(19)11-7-13(20-10-11)12-8-15-16-9-12/h7-10H,2-6H2,1H3,(H,15,16). The van der Waals surface area contributed by atoms with Crippen molar-refractivity contribution in [2.45, 2.75) is 6.42 Å². The van der Waals surface area contributed by atoms with Crippen molar-refractivity contribution in [3.63, 3.8) is 0 Å². The van der Waals surface area contributed by atoms with Crippen molar-refractivity contribution in [3.8, 4) is 10.4 Å². The van der Waals surface area contributed by atoms with Crippen LogP contribution in [0.25, 0.3) is 10.4 Å². The maximum Gasteiger partial charge on any atom is 0.254 e. The molecule has 1 aliphatic heterocycles. The van der Waals surface area contributed by atoms with E-state index in [1.807, 2.05) is 22.5 Å². The number of H-pyrrole nitrogens is 1. The van der Waals surface area contributed by atoms with Crippen molar-refractivity contribution < 1.29 is 4.79 Å². The van der Waals surface area contributed by atoms with Crippen LogP contribution in [0, 0.1) is 0 Å². The summed E-state index contributed by atoms with van der Waals surface area (Å²) in [7, 11) is 2.11. The fraction of sp³-hybridized carbons (Fsp3) is 0.429. The van der Waals surface area contributed by atoms with E-state index in [9.17, 15) is 4.79 Å². The molecule has 0 aromatic carbocycles. The average molecular weight is 290 g/mol. The van der Waals surface area contributed by atoms with E-state index >= 15 is 0 Å². The minimum atomic E-state index is 0.145. The third-order valence-electron chi connectivity index (χ3n) is 3.64. The molecule has 1 aliphatic rings. The first-order valence-corrected chi connectivity index (χ1v) is 7.67. The highest BCUT2D eigenvalue weighted by molar-refractivity contribution is 7.13. The van der Waals surface area contributed by atoms with E-state index < -0.39 is 0 Å². The molecule has 5 nitrogen and oxygen atoms in total. The molecule has 3 heterocycles. The highest BCUT2D eigenvalue weighted by Crippen LogP contribution is 2.27. The van der Waals surface area contributed by atoms with Gasteiger partial charge in [0.05, 0.1) is 11.8 Å². The van der Waals surface area contributed by atoms with Gasteiger partial charge in [0.1, 0.15) is 0 Å². The molecule has 0 saturated carbocycles. The second-order valence-corrected chi connectivity index (χ2v) is 6.05. The zero-order chi connectivity index (χ0) is 13.9. The minimum Gasteiger partial charge on any atom is -0.337 e. The van der Waals surface area contributed by atoms with Gasteiger partial charge in [-0.2, -0.15) is 5.10 Å². The zero-order valence-corrected chi connectivity index (χ0v) is 12.3. The minimum absolute atomic E-state index is 0.145. The molecule has 0 aliphatic carbocycles. The number of likely N-dealkylation sites (N-methyl/N-ethyl adjacent to an activating group) is 1. The number of carbonyl (C=O) groups is 1. The number of amides is 1. The van der Waals surface area contributed by atoms with Crippen molar-refractivity contribution in [1.29, 1.82) is 0 Å². The lowest BCUT2D eigenvalue weighted by molar-refractivity contribution is 0.0763. The Kier molecular flexibility index (Phi) is 3.84. The average Bonchev–Trinajstić information content (AvgIpc) is 3.08. The zero-order valence-electron chi connectivity index (χ0n) is 11.5. The van der Waals surface area contributed by atoms with E-state index in [2.05, 4.69) is 22.1 Å². The Morgan fingerprint density at radius 2 is 2.25 bits per heavy atom. The Bertz CT molecular complexity index is 578. The Labute approximate surface area is 122 Å². The molecule has 0 unspecified atom stereocenters. The van der Waals surface area contributed by atoms with Crippen LogP contribution in [-0.4, -0.2) is 59.1 Å². The van der Waals surface area contributed by atoms with Gasteiger partial charge < -0.3 is 9.80 Å². The monoisotopic (exact) mass is 290 g/mol. The Morgan fingerprint density at radius 1 is 1.35 bits per heavy atom. The molecule has 2 aromatic heterocycles. The Morgan fingerprint density at radius 3 is 3.05 bits per heavy atom. The van der Waals surface area contributed by atoms with Gasteiger partial charge in [-0.25, -0.2) is 0 Å². The topological polar surface area (TPSA) is 52.2 Å². The smallest absolute Gasteiger partial charge is 0.254 e. The molecule has 0 radical (unpaired) electrons. The van der Waals surface area contributed by atoms with Gasteiger partial charge in [-0.1, -0.05) is 0 Å². The molecule has 20 heavy (non-hydrogen) atoms. The molecular formula is C14H18N4OS. The number of hydrogen-bond acceptors (Lipinski definition) is 4. The lowest BCUT2D eigenvalue weighted by Crippen LogP contribution is -2.34. The summed E-state index contributed by atoms with van der Waals surface area (Å²) in [5.41, 5.74) is 1.82. The van der Waals surface area contributed by atoms with Crippen LogP contribution >= 0.6 is 11.3 Å². The highest BCUT2D eigenvalue weighted by atomic mass is 32.1. The molecule has 1 N–H and O–H groups in total. The molecule has 3 rings (SSSR count). The number of aromatic amines is 1. The van der Waals surface area contributed by atoms with Crippen LogP contribution in [0.3, 0.4) is 0 Å². The summed E-state index contributed by atoms with van der Waals surface area (Å²) in [6.45, 7) is 3.67. The first-order chi connectivity index (χ1) is 9.74. The maximum absolute atomic E-state index is 12.5. The number of aromatic nitrogens is 2. The number of nitrogens with one attached hydrogen (secondary N) is 1. The number of thiophene rings is 1. The summed E-state index contributed by atoms with van der Waals surface area (Å²) in [5.74, 6) is 0.145. The van der Waals surface area contributed by atoms with Gasteiger partial charge in [0, 0.05) is 41.7 Å². The Hall–Kier alpha value is -1.66. The number of nitrogens with zero attached hydrogens (tertiary/aromatic N) is 3. The SMILES string of the molecule is CN1CCCN(C(=O)c2csc(-c3cn[nH]c3)c2)CC1. The number of carbonyl (C=O) groups excluding carboxylic acids is 1. The fourth-order valence-electron chi connectivity index (χ4n) is 2.42. The summed E-state index contributed by atoms with van der Waals surface area (Å²) in [6.07, 6.45) is 4.67. The maximum atomic E-state index is 12.5. The van der Waals surface area contributed by atoms with Crippen LogP contribution in [-0.2, 0) is 0 Å². The van der Waals surface area contributed by atoms with Crippen LogP contribution in [0.5, 0.6) is 0 Å².